The fourth-order valence-corrected chi connectivity index (χ4v) is 17.1. The van der Waals surface area contributed by atoms with Crippen LogP contribution in [0.1, 0.15) is 208 Å². The summed E-state index contributed by atoms with van der Waals surface area (Å²) in [6.07, 6.45) is 30.2. The molecule has 0 aliphatic heterocycles. The van der Waals surface area contributed by atoms with Crippen molar-refractivity contribution in [2.45, 2.75) is 208 Å². The van der Waals surface area contributed by atoms with E-state index in [1.807, 2.05) is 0 Å². The van der Waals surface area contributed by atoms with Gasteiger partial charge in [0.2, 0.25) is 0 Å². The van der Waals surface area contributed by atoms with E-state index in [1.54, 1.807) is 0 Å². The lowest BCUT2D eigenvalue weighted by Gasteiger charge is -2.44. The van der Waals surface area contributed by atoms with Crippen LogP contribution in [0, 0.1) is 0 Å². The highest BCUT2D eigenvalue weighted by molar-refractivity contribution is 8.33. The van der Waals surface area contributed by atoms with Crippen molar-refractivity contribution in [3.8, 4) is 0 Å². The Balaban J connectivity index is 6.21. The fraction of sp³-hybridized carbons (Fsp3) is 1.00. The van der Waals surface area contributed by atoms with E-state index in [1.165, 1.54) is 89.9 Å². The molecule has 0 unspecified atom stereocenters. The Morgan fingerprint density at radius 2 is 0.533 bits per heavy atom. The van der Waals surface area contributed by atoms with Crippen LogP contribution in [-0.4, -0.2) is 34.5 Å². The maximum absolute atomic E-state index is 16.8. The summed E-state index contributed by atoms with van der Waals surface area (Å²) in [5, 5.41) is 0. The summed E-state index contributed by atoms with van der Waals surface area (Å²) in [7, 11) is -8.34. The molecule has 276 valence electrons. The molecule has 3 nitrogen and oxygen atoms in total. The Bertz CT molecular complexity index is 605. The van der Waals surface area contributed by atoms with Gasteiger partial charge >= 0.3 is 7.91 Å². The van der Waals surface area contributed by atoms with Crippen LogP contribution in [0.4, 0.5) is 4.20 Å². The molecule has 45 heavy (non-hydrogen) atoms. The van der Waals surface area contributed by atoms with Crippen LogP contribution >= 0.6 is 28.5 Å². The lowest BCUT2D eigenvalue weighted by molar-refractivity contribution is 0.363. The van der Waals surface area contributed by atoms with Gasteiger partial charge in [0.25, 0.3) is 0 Å². The minimum absolute atomic E-state index is 0.885. The zero-order chi connectivity index (χ0) is 33.5. The molecule has 0 heterocycles. The highest BCUT2D eigenvalue weighted by Gasteiger charge is 2.42. The molecule has 0 aliphatic rings. The quantitative estimate of drug-likeness (QED) is 0.0482. The second kappa shape index (κ2) is 30.8. The summed E-state index contributed by atoms with van der Waals surface area (Å²) in [6.45, 7) is 13.5. The number of halogens is 1. The van der Waals surface area contributed by atoms with Crippen molar-refractivity contribution in [3.05, 3.63) is 0 Å². The van der Waals surface area contributed by atoms with Gasteiger partial charge in [-0.3, -0.25) is 0 Å². The Morgan fingerprint density at radius 1 is 0.356 bits per heavy atom. The Kier molecular flexibility index (Phi) is 31.3. The topological polar surface area (TPSA) is 35.5 Å². The maximum Gasteiger partial charge on any atom is 0.532 e. The first kappa shape index (κ1) is 45.8. The van der Waals surface area contributed by atoms with Crippen molar-refractivity contribution in [2.24, 2.45) is 0 Å². The van der Waals surface area contributed by atoms with E-state index in [0.29, 0.717) is 0 Å². The van der Waals surface area contributed by atoms with Gasteiger partial charge in [0.05, 0.1) is 0 Å². The molecule has 0 saturated carbocycles. The Labute approximate surface area is 287 Å². The fourth-order valence-electron chi connectivity index (χ4n) is 6.33. The summed E-state index contributed by atoms with van der Waals surface area (Å²) in [5.74, 6) is 5.32. The van der Waals surface area contributed by atoms with Gasteiger partial charge in [0.1, 0.15) is 0 Å². The van der Waals surface area contributed by atoms with Gasteiger partial charge in [-0.15, -0.1) is 24.8 Å². The first-order valence-electron chi connectivity index (χ1n) is 20.0. The highest BCUT2D eigenvalue weighted by atomic mass is 32.3. The minimum Gasteiger partial charge on any atom is -0.233 e. The number of unbranched alkanes of at least 4 members (excludes halogenated alkanes) is 20. The molecule has 0 saturated heterocycles. The van der Waals surface area contributed by atoms with E-state index in [0.717, 1.165) is 112 Å². The lowest BCUT2D eigenvalue weighted by Crippen LogP contribution is -2.20. The molecular weight excluding hydrogens is 619 g/mol. The van der Waals surface area contributed by atoms with Crippen LogP contribution in [0.15, 0.2) is 0 Å². The summed E-state index contributed by atoms with van der Waals surface area (Å²) >= 11 is 0. The molecule has 7 heteroatoms. The van der Waals surface area contributed by atoms with E-state index in [2.05, 4.69) is 41.5 Å². The van der Waals surface area contributed by atoms with Gasteiger partial charge in [-0.05, 0) is 73.0 Å². The van der Waals surface area contributed by atoms with Gasteiger partial charge in [-0.2, -0.15) is 0 Å². The molecule has 0 fully saturated rings. The number of rotatable bonds is 36. The van der Waals surface area contributed by atoms with Crippen molar-refractivity contribution in [3.63, 3.8) is 0 Å². The molecule has 0 aliphatic carbocycles. The van der Waals surface area contributed by atoms with Gasteiger partial charge < -0.3 is 0 Å². The molecule has 0 amide bonds. The van der Waals surface area contributed by atoms with Crippen LogP contribution in [0.5, 0.6) is 0 Å². The molecule has 0 aromatic heterocycles. The normalized spacial score (nSPS) is 13.5. The largest absolute Gasteiger partial charge is 0.532 e. The van der Waals surface area contributed by atoms with Gasteiger partial charge in [-0.25, -0.2) is 12.5 Å². The summed E-state index contributed by atoms with van der Waals surface area (Å²) in [6, 6.07) is 0. The van der Waals surface area contributed by atoms with E-state index in [-0.39, 0.29) is 0 Å². The third kappa shape index (κ3) is 25.4. The molecule has 0 aromatic rings. The van der Waals surface area contributed by atoms with Crippen LogP contribution in [-0.2, 0) is 12.5 Å². The van der Waals surface area contributed by atoms with Crippen molar-refractivity contribution in [1.29, 1.82) is 0 Å². The second-order valence-corrected chi connectivity index (χ2v) is 22.2. The third-order valence-electron chi connectivity index (χ3n) is 9.21. The zero-order valence-corrected chi connectivity index (χ0v) is 34.0. The number of hydrogen-bond acceptors (Lipinski definition) is 3. The summed E-state index contributed by atoms with van der Waals surface area (Å²) < 4.78 is 44.0. The molecule has 0 radical (unpaired) electrons. The van der Waals surface area contributed by atoms with Crippen molar-refractivity contribution < 1.29 is 16.7 Å². The summed E-state index contributed by atoms with van der Waals surface area (Å²) in [5.41, 5.74) is 0. The molecule has 0 spiro atoms. The monoisotopic (exact) mass is 701 g/mol. The predicted molar refractivity (Wildman–Crippen MR) is 209 cm³/mol. The van der Waals surface area contributed by atoms with Crippen LogP contribution in [0.3, 0.4) is 0 Å². The molecule has 0 atom stereocenters. The first-order valence-corrected chi connectivity index (χ1v) is 25.6. The van der Waals surface area contributed by atoms with Crippen LogP contribution in [0.25, 0.3) is 0 Å². The number of hydrogen-bond donors (Lipinski definition) is 0. The van der Waals surface area contributed by atoms with Crippen molar-refractivity contribution in [2.75, 3.05) is 34.5 Å². The highest BCUT2D eigenvalue weighted by Crippen LogP contribution is 2.73. The third-order valence-corrected chi connectivity index (χ3v) is 19.4. The average molecular weight is 701 g/mol. The van der Waals surface area contributed by atoms with Crippen LogP contribution in [0.2, 0.25) is 0 Å². The standard InChI is InChI=1S/C38H82FO3PS2/c1-7-13-19-25-31-37-44(33-27-21-15-9-3,34-28-22-16-10-4)41-43(39,40)42-45(35-29-23-17-11-5,36-30-24-18-12-6)38-32-26-20-14-8-2/h7-38H2,1-6H3. The smallest absolute Gasteiger partial charge is 0.233 e. The molecule has 0 rings (SSSR count). The van der Waals surface area contributed by atoms with Crippen molar-refractivity contribution in [1.82, 2.24) is 0 Å². The molecule has 0 aromatic carbocycles. The minimum atomic E-state index is -4.71. The Hall–Kier alpha value is 0.780. The summed E-state index contributed by atoms with van der Waals surface area (Å²) in [4.78, 5) is 0. The lowest BCUT2D eigenvalue weighted by atomic mass is 10.2. The van der Waals surface area contributed by atoms with E-state index in [9.17, 15) is 4.57 Å². The van der Waals surface area contributed by atoms with Crippen LogP contribution < -0.4 is 0 Å². The van der Waals surface area contributed by atoms with E-state index in [4.69, 9.17) is 7.94 Å². The SMILES string of the molecule is CCCCCCCS(CCCCCC)(CCCCCC)OP(=O)(F)OS(CCCCCC)(CCCCCC)CCCCCCC. The van der Waals surface area contributed by atoms with E-state index < -0.39 is 28.5 Å². The molecular formula is C38H82FO3PS2. The van der Waals surface area contributed by atoms with Gasteiger partial charge in [-0.1, -0.05) is 170 Å². The van der Waals surface area contributed by atoms with Gasteiger partial charge in [0.15, 0.2) is 0 Å². The predicted octanol–water partition coefficient (Wildman–Crippen LogP) is 15.8. The molecule has 0 N–H and O–H groups in total. The average Bonchev–Trinajstić information content (AvgIpc) is 3.01. The van der Waals surface area contributed by atoms with Crippen molar-refractivity contribution >= 4 is 28.5 Å². The maximum atomic E-state index is 16.8. The van der Waals surface area contributed by atoms with E-state index >= 15 is 4.20 Å². The first-order chi connectivity index (χ1) is 21.8. The second-order valence-electron chi connectivity index (χ2n) is 13.8. The van der Waals surface area contributed by atoms with Gasteiger partial charge in [0, 0.05) is 0 Å². The molecule has 0 bridgehead atoms. The Morgan fingerprint density at radius 3 is 0.733 bits per heavy atom. The zero-order valence-electron chi connectivity index (χ0n) is 31.5.